The number of likely N-dealkylation sites (N-methyl/N-ethyl adjacent to an activating group) is 1. The molecule has 1 rings (SSSR count). The molecule has 0 spiro atoms. The minimum absolute atomic E-state index is 0.856. The molecule has 0 amide bonds. The zero-order valence-electron chi connectivity index (χ0n) is 5.94. The monoisotopic (exact) mass is 115 g/mol. The van der Waals surface area contributed by atoms with E-state index in [1.807, 2.05) is 0 Å². The molecule has 1 saturated heterocycles. The van der Waals surface area contributed by atoms with Gasteiger partial charge in [-0.05, 0) is 0 Å². The Morgan fingerprint density at radius 1 is 1.25 bits per heavy atom. The molecule has 2 heteroatoms. The number of quaternary nitrogens is 1. The topological polar surface area (TPSA) is 12.0 Å². The summed E-state index contributed by atoms with van der Waals surface area (Å²) >= 11 is 0. The van der Waals surface area contributed by atoms with Crippen molar-refractivity contribution in [2.45, 2.75) is 6.04 Å². The third-order valence-corrected chi connectivity index (χ3v) is 1.86. The first kappa shape index (κ1) is 6.05. The van der Waals surface area contributed by atoms with Crippen LogP contribution in [0.4, 0.5) is 0 Å². The lowest BCUT2D eigenvalue weighted by Crippen LogP contribution is -2.62. The molecule has 1 aliphatic rings. The van der Waals surface area contributed by atoms with Crippen LogP contribution in [0.15, 0.2) is 0 Å². The zero-order valence-corrected chi connectivity index (χ0v) is 5.94. The van der Waals surface area contributed by atoms with Crippen molar-refractivity contribution < 1.29 is 4.48 Å². The first-order chi connectivity index (χ1) is 3.61. The first-order valence-corrected chi connectivity index (χ1v) is 3.12. The smallest absolute Gasteiger partial charge is 0.114 e. The minimum atomic E-state index is 0.856. The van der Waals surface area contributed by atoms with E-state index in [2.05, 4.69) is 26.5 Å². The summed E-state index contributed by atoms with van der Waals surface area (Å²) in [5, 5.41) is 3.25. The molecular weight excluding hydrogens is 100 g/mol. The Hall–Kier alpha value is -0.0800. The molecule has 0 aromatic rings. The zero-order chi connectivity index (χ0) is 6.20. The van der Waals surface area contributed by atoms with Gasteiger partial charge in [0.25, 0.3) is 0 Å². The molecule has 1 N–H and O–H groups in total. The second kappa shape index (κ2) is 1.71. The van der Waals surface area contributed by atoms with Crippen LogP contribution in [-0.4, -0.2) is 44.8 Å². The quantitative estimate of drug-likeness (QED) is 0.461. The summed E-state index contributed by atoms with van der Waals surface area (Å²) in [6.45, 7) is 2.40. The van der Waals surface area contributed by atoms with Gasteiger partial charge in [0, 0.05) is 13.1 Å². The van der Waals surface area contributed by atoms with Crippen molar-refractivity contribution in [2.75, 3.05) is 34.2 Å². The molecule has 0 unspecified atom stereocenters. The fraction of sp³-hybridized carbons (Fsp3) is 1.00. The molecule has 0 aromatic heterocycles. The summed E-state index contributed by atoms with van der Waals surface area (Å²) in [7, 11) is 6.72. The fourth-order valence-electron chi connectivity index (χ4n) is 0.821. The third-order valence-electron chi connectivity index (χ3n) is 1.86. The van der Waals surface area contributed by atoms with E-state index in [4.69, 9.17) is 0 Å². The summed E-state index contributed by atoms with van der Waals surface area (Å²) in [6.07, 6.45) is 0. The van der Waals surface area contributed by atoms with Crippen LogP contribution < -0.4 is 5.32 Å². The Morgan fingerprint density at radius 3 is 1.75 bits per heavy atom. The van der Waals surface area contributed by atoms with E-state index in [1.165, 1.54) is 13.1 Å². The summed E-state index contributed by atoms with van der Waals surface area (Å²) in [6, 6.07) is 0.856. The number of hydrogen-bond acceptors (Lipinski definition) is 1. The van der Waals surface area contributed by atoms with E-state index in [0.717, 1.165) is 10.5 Å². The van der Waals surface area contributed by atoms with Gasteiger partial charge in [-0.15, -0.1) is 0 Å². The van der Waals surface area contributed by atoms with Crippen molar-refractivity contribution in [2.24, 2.45) is 0 Å². The van der Waals surface area contributed by atoms with Crippen molar-refractivity contribution >= 4 is 0 Å². The van der Waals surface area contributed by atoms with E-state index >= 15 is 0 Å². The summed E-state index contributed by atoms with van der Waals surface area (Å²) < 4.78 is 1.10. The molecule has 0 bridgehead atoms. The Morgan fingerprint density at radius 2 is 1.75 bits per heavy atom. The van der Waals surface area contributed by atoms with E-state index < -0.39 is 0 Å². The molecule has 2 nitrogen and oxygen atoms in total. The third kappa shape index (κ3) is 1.01. The average Bonchev–Trinajstić information content (AvgIpc) is 1.16. The van der Waals surface area contributed by atoms with Crippen LogP contribution in [-0.2, 0) is 0 Å². The highest BCUT2D eigenvalue weighted by Gasteiger charge is 2.29. The van der Waals surface area contributed by atoms with Gasteiger partial charge in [0.1, 0.15) is 6.04 Å². The van der Waals surface area contributed by atoms with Crippen LogP contribution in [0.25, 0.3) is 0 Å². The van der Waals surface area contributed by atoms with Crippen molar-refractivity contribution in [3.63, 3.8) is 0 Å². The van der Waals surface area contributed by atoms with E-state index in [0.29, 0.717) is 0 Å². The highest BCUT2D eigenvalue weighted by molar-refractivity contribution is 4.74. The molecule has 0 atom stereocenters. The second-order valence-electron chi connectivity index (χ2n) is 3.43. The second-order valence-corrected chi connectivity index (χ2v) is 3.43. The molecular formula is C6H15N2+. The molecule has 0 saturated carbocycles. The Bertz CT molecular complexity index is 79.0. The summed E-state index contributed by atoms with van der Waals surface area (Å²) in [4.78, 5) is 0. The maximum atomic E-state index is 3.25. The van der Waals surface area contributed by atoms with Gasteiger partial charge in [0.2, 0.25) is 0 Å². The van der Waals surface area contributed by atoms with Gasteiger partial charge < -0.3 is 9.80 Å². The van der Waals surface area contributed by atoms with Crippen LogP contribution in [0.5, 0.6) is 0 Å². The maximum absolute atomic E-state index is 3.25. The van der Waals surface area contributed by atoms with Crippen molar-refractivity contribution in [3.05, 3.63) is 0 Å². The van der Waals surface area contributed by atoms with Crippen molar-refractivity contribution in [3.8, 4) is 0 Å². The average molecular weight is 115 g/mol. The van der Waals surface area contributed by atoms with Gasteiger partial charge in [-0.25, -0.2) is 0 Å². The molecule has 1 fully saturated rings. The lowest BCUT2D eigenvalue weighted by Gasteiger charge is -2.40. The Kier molecular flexibility index (Phi) is 1.29. The largest absolute Gasteiger partial charge is 0.326 e. The lowest BCUT2D eigenvalue weighted by molar-refractivity contribution is -0.898. The van der Waals surface area contributed by atoms with Gasteiger partial charge in [0.15, 0.2) is 0 Å². The Balaban J connectivity index is 2.34. The lowest BCUT2D eigenvalue weighted by atomic mass is 10.1. The van der Waals surface area contributed by atoms with Crippen LogP contribution in [0.2, 0.25) is 0 Å². The molecule has 0 aliphatic carbocycles. The van der Waals surface area contributed by atoms with Crippen molar-refractivity contribution in [1.82, 2.24) is 5.32 Å². The van der Waals surface area contributed by atoms with E-state index in [1.54, 1.807) is 0 Å². The number of nitrogens with one attached hydrogen (secondary N) is 1. The number of nitrogens with zero attached hydrogens (tertiary/aromatic N) is 1. The van der Waals surface area contributed by atoms with Gasteiger partial charge in [-0.3, -0.25) is 0 Å². The van der Waals surface area contributed by atoms with Crippen LogP contribution in [0.1, 0.15) is 0 Å². The van der Waals surface area contributed by atoms with Crippen LogP contribution in [0, 0.1) is 0 Å². The van der Waals surface area contributed by atoms with Gasteiger partial charge in [0.05, 0.1) is 21.1 Å². The predicted octanol–water partition coefficient (Wildman–Crippen LogP) is -0.336. The molecule has 0 aromatic carbocycles. The highest BCUT2D eigenvalue weighted by Crippen LogP contribution is 2.05. The molecule has 1 aliphatic heterocycles. The molecule has 0 radical (unpaired) electrons. The highest BCUT2D eigenvalue weighted by atomic mass is 15.4. The summed E-state index contributed by atoms with van der Waals surface area (Å²) in [5.41, 5.74) is 0. The van der Waals surface area contributed by atoms with Crippen molar-refractivity contribution in [1.29, 1.82) is 0 Å². The SMILES string of the molecule is C[N+](C)(C)C1CNC1. The molecule has 1 heterocycles. The normalized spacial score (nSPS) is 22.9. The van der Waals surface area contributed by atoms with Crippen LogP contribution >= 0.6 is 0 Å². The van der Waals surface area contributed by atoms with E-state index in [9.17, 15) is 0 Å². The van der Waals surface area contributed by atoms with Gasteiger partial charge >= 0.3 is 0 Å². The van der Waals surface area contributed by atoms with E-state index in [-0.39, 0.29) is 0 Å². The minimum Gasteiger partial charge on any atom is -0.326 e. The Labute approximate surface area is 51.1 Å². The standard InChI is InChI=1S/C6H15N2/c1-8(2,3)6-4-7-5-6/h6-7H,4-5H2,1-3H3/q+1. The predicted molar refractivity (Wildman–Crippen MR) is 34.7 cm³/mol. The fourth-order valence-corrected chi connectivity index (χ4v) is 0.821. The first-order valence-electron chi connectivity index (χ1n) is 3.12. The summed E-state index contributed by atoms with van der Waals surface area (Å²) in [5.74, 6) is 0. The maximum Gasteiger partial charge on any atom is 0.114 e. The van der Waals surface area contributed by atoms with Crippen LogP contribution in [0.3, 0.4) is 0 Å². The number of hydrogen-bond donors (Lipinski definition) is 1. The van der Waals surface area contributed by atoms with Gasteiger partial charge in [-0.2, -0.15) is 0 Å². The molecule has 48 valence electrons. The number of rotatable bonds is 1. The molecule has 8 heavy (non-hydrogen) atoms. The van der Waals surface area contributed by atoms with Gasteiger partial charge in [-0.1, -0.05) is 0 Å².